The van der Waals surface area contributed by atoms with E-state index in [1.807, 2.05) is 19.1 Å². The van der Waals surface area contributed by atoms with Gasteiger partial charge in [-0.1, -0.05) is 70.7 Å². The fraction of sp³-hybridized carbons (Fsp3) is 0.333. The summed E-state index contributed by atoms with van der Waals surface area (Å²) in [4.78, 5) is 0. The molecule has 1 nitrogen and oxygen atoms in total. The lowest BCUT2D eigenvalue weighted by Gasteiger charge is -2.20. The Bertz CT molecular complexity index is 627. The van der Waals surface area contributed by atoms with Gasteiger partial charge in [0.1, 0.15) is 5.75 Å². The Morgan fingerprint density at radius 2 is 1.36 bits per heavy atom. The molecule has 0 spiro atoms. The molecule has 1 unspecified atom stereocenters. The van der Waals surface area contributed by atoms with Crippen LogP contribution in [0.1, 0.15) is 57.2 Å². The number of benzene rings is 2. The monoisotopic (exact) mass is 294 g/mol. The van der Waals surface area contributed by atoms with Gasteiger partial charge in [0.25, 0.3) is 0 Å². The molecule has 0 amide bonds. The van der Waals surface area contributed by atoms with Gasteiger partial charge < -0.3 is 4.74 Å². The van der Waals surface area contributed by atoms with Gasteiger partial charge in [-0.3, -0.25) is 0 Å². The molecule has 0 saturated heterocycles. The molecule has 0 saturated carbocycles. The summed E-state index contributed by atoms with van der Waals surface area (Å²) in [6.45, 7) is 14.6. The SMILES string of the molecule is C=C(C)Oc1ccc(C(C)c2ccc(C(C)(C)C)cc2)cc1. The highest BCUT2D eigenvalue weighted by molar-refractivity contribution is 5.37. The standard InChI is InChI=1S/C21H26O/c1-15(2)22-20-13-9-18(10-14-20)16(3)17-7-11-19(12-8-17)21(4,5)6/h7-14,16H,1H2,2-6H3. The maximum atomic E-state index is 5.51. The van der Waals surface area contributed by atoms with E-state index in [1.165, 1.54) is 16.7 Å². The normalized spacial score (nSPS) is 12.8. The van der Waals surface area contributed by atoms with Gasteiger partial charge in [0.05, 0.1) is 5.76 Å². The van der Waals surface area contributed by atoms with Gasteiger partial charge >= 0.3 is 0 Å². The van der Waals surface area contributed by atoms with Crippen LogP contribution in [-0.2, 0) is 5.41 Å². The average molecular weight is 294 g/mol. The van der Waals surface area contributed by atoms with Gasteiger partial charge in [0.2, 0.25) is 0 Å². The lowest BCUT2D eigenvalue weighted by molar-refractivity contribution is 0.430. The third kappa shape index (κ3) is 4.00. The van der Waals surface area contributed by atoms with Crippen LogP contribution in [0.3, 0.4) is 0 Å². The van der Waals surface area contributed by atoms with Crippen molar-refractivity contribution < 1.29 is 4.74 Å². The van der Waals surface area contributed by atoms with Crippen LogP contribution in [0.15, 0.2) is 60.9 Å². The van der Waals surface area contributed by atoms with Gasteiger partial charge in [-0.2, -0.15) is 0 Å². The average Bonchev–Trinajstić information content (AvgIpc) is 2.46. The van der Waals surface area contributed by atoms with Crippen molar-refractivity contribution in [2.24, 2.45) is 0 Å². The second kappa shape index (κ2) is 6.39. The fourth-order valence-corrected chi connectivity index (χ4v) is 2.49. The van der Waals surface area contributed by atoms with Crippen LogP contribution >= 0.6 is 0 Å². The Hall–Kier alpha value is -2.02. The Balaban J connectivity index is 2.17. The molecule has 22 heavy (non-hydrogen) atoms. The fourth-order valence-electron chi connectivity index (χ4n) is 2.49. The minimum Gasteiger partial charge on any atom is -0.463 e. The first-order chi connectivity index (χ1) is 10.3. The first kappa shape index (κ1) is 16.4. The zero-order valence-corrected chi connectivity index (χ0v) is 14.3. The van der Waals surface area contributed by atoms with Gasteiger partial charge in [-0.05, 0) is 41.2 Å². The molecule has 2 aromatic carbocycles. The smallest absolute Gasteiger partial charge is 0.126 e. The summed E-state index contributed by atoms with van der Waals surface area (Å²) >= 11 is 0. The summed E-state index contributed by atoms with van der Waals surface area (Å²) in [5.41, 5.74) is 4.19. The van der Waals surface area contributed by atoms with Crippen LogP contribution < -0.4 is 4.74 Å². The molecular weight excluding hydrogens is 268 g/mol. The molecule has 0 N–H and O–H groups in total. The van der Waals surface area contributed by atoms with Gasteiger partial charge in [-0.25, -0.2) is 0 Å². The van der Waals surface area contributed by atoms with E-state index >= 15 is 0 Å². The zero-order chi connectivity index (χ0) is 16.3. The minimum atomic E-state index is 0.198. The molecule has 1 atom stereocenters. The van der Waals surface area contributed by atoms with E-state index in [2.05, 4.69) is 70.7 Å². The van der Waals surface area contributed by atoms with Gasteiger partial charge in [-0.15, -0.1) is 0 Å². The third-order valence-electron chi connectivity index (χ3n) is 3.95. The molecule has 0 radical (unpaired) electrons. The topological polar surface area (TPSA) is 9.23 Å². The van der Waals surface area contributed by atoms with Crippen molar-refractivity contribution in [3.05, 3.63) is 77.6 Å². The molecule has 1 heteroatoms. The van der Waals surface area contributed by atoms with Crippen LogP contribution in [0.2, 0.25) is 0 Å². The molecule has 116 valence electrons. The maximum Gasteiger partial charge on any atom is 0.126 e. The van der Waals surface area contributed by atoms with E-state index in [0.717, 1.165) is 5.75 Å². The van der Waals surface area contributed by atoms with Crippen molar-refractivity contribution >= 4 is 0 Å². The lowest BCUT2D eigenvalue weighted by Crippen LogP contribution is -2.11. The Morgan fingerprint density at radius 3 is 1.77 bits per heavy atom. The molecule has 2 aromatic rings. The van der Waals surface area contributed by atoms with E-state index in [-0.39, 0.29) is 5.41 Å². The van der Waals surface area contributed by atoms with Crippen molar-refractivity contribution in [3.63, 3.8) is 0 Å². The van der Waals surface area contributed by atoms with Crippen LogP contribution in [0.5, 0.6) is 5.75 Å². The number of rotatable bonds is 4. The molecule has 0 aromatic heterocycles. The number of allylic oxidation sites excluding steroid dienone is 1. The number of hydrogen-bond acceptors (Lipinski definition) is 1. The van der Waals surface area contributed by atoms with Gasteiger partial charge in [0, 0.05) is 5.92 Å². The highest BCUT2D eigenvalue weighted by Crippen LogP contribution is 2.29. The van der Waals surface area contributed by atoms with E-state index in [9.17, 15) is 0 Å². The molecule has 0 aliphatic carbocycles. The number of hydrogen-bond donors (Lipinski definition) is 0. The lowest BCUT2D eigenvalue weighted by atomic mass is 9.85. The molecule has 0 fully saturated rings. The second-order valence-corrected chi connectivity index (χ2v) is 6.97. The Labute approximate surface area is 134 Å². The maximum absolute atomic E-state index is 5.51. The molecule has 2 rings (SSSR count). The highest BCUT2D eigenvalue weighted by Gasteiger charge is 2.14. The molecule has 0 aliphatic rings. The summed E-state index contributed by atoms with van der Waals surface area (Å²) in [6, 6.07) is 17.2. The van der Waals surface area contributed by atoms with E-state index < -0.39 is 0 Å². The van der Waals surface area contributed by atoms with E-state index in [4.69, 9.17) is 4.74 Å². The van der Waals surface area contributed by atoms with E-state index in [1.54, 1.807) is 0 Å². The quantitative estimate of drug-likeness (QED) is 0.624. The second-order valence-electron chi connectivity index (χ2n) is 6.97. The summed E-state index contributed by atoms with van der Waals surface area (Å²) in [5, 5.41) is 0. The van der Waals surface area contributed by atoms with Crippen molar-refractivity contribution in [1.29, 1.82) is 0 Å². The summed E-state index contributed by atoms with van der Waals surface area (Å²) in [6.07, 6.45) is 0. The van der Waals surface area contributed by atoms with Crippen molar-refractivity contribution in [2.75, 3.05) is 0 Å². The number of ether oxygens (including phenoxy) is 1. The van der Waals surface area contributed by atoms with Crippen molar-refractivity contribution in [3.8, 4) is 5.75 Å². The first-order valence-electron chi connectivity index (χ1n) is 7.81. The van der Waals surface area contributed by atoms with Crippen LogP contribution in [0.25, 0.3) is 0 Å². The third-order valence-corrected chi connectivity index (χ3v) is 3.95. The first-order valence-corrected chi connectivity index (χ1v) is 7.81. The summed E-state index contributed by atoms with van der Waals surface area (Å²) in [5.74, 6) is 1.91. The van der Waals surface area contributed by atoms with Gasteiger partial charge in [0.15, 0.2) is 0 Å². The summed E-state index contributed by atoms with van der Waals surface area (Å²) < 4.78 is 5.51. The summed E-state index contributed by atoms with van der Waals surface area (Å²) in [7, 11) is 0. The van der Waals surface area contributed by atoms with Crippen LogP contribution in [0.4, 0.5) is 0 Å². The zero-order valence-electron chi connectivity index (χ0n) is 14.3. The predicted octanol–water partition coefficient (Wildman–Crippen LogP) is 6.05. The molecule has 0 heterocycles. The van der Waals surface area contributed by atoms with Crippen LogP contribution in [0, 0.1) is 0 Å². The molecule has 0 aliphatic heterocycles. The highest BCUT2D eigenvalue weighted by atomic mass is 16.5. The molecule has 0 bridgehead atoms. The minimum absolute atomic E-state index is 0.198. The largest absolute Gasteiger partial charge is 0.463 e. The molecular formula is C21H26O. The van der Waals surface area contributed by atoms with Crippen molar-refractivity contribution in [2.45, 2.75) is 46.0 Å². The Morgan fingerprint density at radius 1 is 0.909 bits per heavy atom. The Kier molecular flexibility index (Phi) is 4.75. The van der Waals surface area contributed by atoms with Crippen molar-refractivity contribution in [1.82, 2.24) is 0 Å². The van der Waals surface area contributed by atoms with E-state index in [0.29, 0.717) is 11.7 Å². The predicted molar refractivity (Wildman–Crippen MR) is 94.5 cm³/mol. The van der Waals surface area contributed by atoms with Crippen LogP contribution in [-0.4, -0.2) is 0 Å².